The molecule has 0 aliphatic heterocycles. The molecular weight excluding hydrogens is 214 g/mol. The van der Waals surface area contributed by atoms with Crippen LogP contribution in [0.3, 0.4) is 0 Å². The van der Waals surface area contributed by atoms with Crippen LogP contribution in [0.25, 0.3) is 0 Å². The lowest BCUT2D eigenvalue weighted by atomic mass is 10.4. The van der Waals surface area contributed by atoms with E-state index in [-0.39, 0.29) is 17.4 Å². The quantitative estimate of drug-likeness (QED) is 0.547. The maximum Gasteiger partial charge on any atom is 0.372 e. The van der Waals surface area contributed by atoms with Crippen LogP contribution in [0.4, 0.5) is 11.5 Å². The summed E-state index contributed by atoms with van der Waals surface area (Å²) in [7, 11) is 2.99. The Kier molecular flexibility index (Phi) is 3.95. The highest BCUT2D eigenvalue weighted by molar-refractivity contribution is 5.62. The first kappa shape index (κ1) is 12.1. The summed E-state index contributed by atoms with van der Waals surface area (Å²) in [4.78, 5) is 19.5. The molecule has 1 rings (SSSR count). The first-order valence-corrected chi connectivity index (χ1v) is 4.56. The van der Waals surface area contributed by atoms with Crippen molar-refractivity contribution in [2.24, 2.45) is 5.73 Å². The molecule has 0 saturated heterocycles. The average Bonchev–Trinajstić information content (AvgIpc) is 2.28. The number of hydrogen-bond donors (Lipinski definition) is 1. The van der Waals surface area contributed by atoms with Crippen molar-refractivity contribution in [2.45, 2.75) is 0 Å². The van der Waals surface area contributed by atoms with Crippen molar-refractivity contribution in [3.05, 3.63) is 16.4 Å². The molecule has 0 radical (unpaired) electrons. The summed E-state index contributed by atoms with van der Waals surface area (Å²) in [5, 5.41) is 10.9. The number of rotatable bonds is 5. The predicted octanol–water partition coefficient (Wildman–Crippen LogP) is -0.212. The van der Waals surface area contributed by atoms with Crippen molar-refractivity contribution in [1.82, 2.24) is 9.97 Å². The SMILES string of the molecule is COc1ncnc(N(C)CCN)c1[N+](=O)[O-]. The minimum Gasteiger partial charge on any atom is -0.476 e. The highest BCUT2D eigenvalue weighted by atomic mass is 16.6. The van der Waals surface area contributed by atoms with E-state index in [0.29, 0.717) is 13.1 Å². The largest absolute Gasteiger partial charge is 0.476 e. The molecule has 0 aliphatic carbocycles. The van der Waals surface area contributed by atoms with E-state index < -0.39 is 4.92 Å². The summed E-state index contributed by atoms with van der Waals surface area (Å²) in [6.45, 7) is 0.834. The van der Waals surface area contributed by atoms with Gasteiger partial charge in [-0.2, -0.15) is 4.98 Å². The van der Waals surface area contributed by atoms with Gasteiger partial charge in [-0.25, -0.2) is 4.98 Å². The molecule has 8 nitrogen and oxygen atoms in total. The first-order chi connectivity index (χ1) is 7.61. The summed E-state index contributed by atoms with van der Waals surface area (Å²) >= 11 is 0. The second kappa shape index (κ2) is 5.21. The number of hydrogen-bond acceptors (Lipinski definition) is 7. The van der Waals surface area contributed by atoms with Gasteiger partial charge in [-0.05, 0) is 0 Å². The van der Waals surface area contributed by atoms with E-state index in [2.05, 4.69) is 9.97 Å². The Morgan fingerprint density at radius 2 is 2.31 bits per heavy atom. The topological polar surface area (TPSA) is 107 Å². The van der Waals surface area contributed by atoms with Gasteiger partial charge in [0.15, 0.2) is 0 Å². The highest BCUT2D eigenvalue weighted by Crippen LogP contribution is 2.32. The molecule has 1 aromatic heterocycles. The number of anilines is 1. The van der Waals surface area contributed by atoms with Gasteiger partial charge in [0, 0.05) is 20.1 Å². The van der Waals surface area contributed by atoms with E-state index in [9.17, 15) is 10.1 Å². The van der Waals surface area contributed by atoms with Crippen molar-refractivity contribution in [1.29, 1.82) is 0 Å². The van der Waals surface area contributed by atoms with Gasteiger partial charge in [-0.3, -0.25) is 10.1 Å². The number of nitrogens with zero attached hydrogens (tertiary/aromatic N) is 4. The van der Waals surface area contributed by atoms with Crippen LogP contribution in [-0.4, -0.2) is 42.1 Å². The molecule has 0 aliphatic rings. The molecular formula is C8H13N5O3. The van der Waals surface area contributed by atoms with E-state index in [1.54, 1.807) is 11.9 Å². The molecule has 0 bridgehead atoms. The van der Waals surface area contributed by atoms with Crippen LogP contribution in [0.1, 0.15) is 0 Å². The Hall–Kier alpha value is -1.96. The predicted molar refractivity (Wildman–Crippen MR) is 57.6 cm³/mol. The van der Waals surface area contributed by atoms with Crippen molar-refractivity contribution >= 4 is 11.5 Å². The molecule has 16 heavy (non-hydrogen) atoms. The van der Waals surface area contributed by atoms with Gasteiger partial charge in [0.05, 0.1) is 12.0 Å². The van der Waals surface area contributed by atoms with Crippen molar-refractivity contribution in [3.63, 3.8) is 0 Å². The molecule has 0 aromatic carbocycles. The molecule has 0 amide bonds. The van der Waals surface area contributed by atoms with Gasteiger partial charge in [-0.15, -0.1) is 0 Å². The fourth-order valence-electron chi connectivity index (χ4n) is 1.24. The van der Waals surface area contributed by atoms with Crippen LogP contribution in [0.2, 0.25) is 0 Å². The monoisotopic (exact) mass is 227 g/mol. The zero-order valence-electron chi connectivity index (χ0n) is 9.08. The molecule has 0 atom stereocenters. The number of methoxy groups -OCH3 is 1. The average molecular weight is 227 g/mol. The first-order valence-electron chi connectivity index (χ1n) is 4.56. The van der Waals surface area contributed by atoms with Crippen molar-refractivity contribution < 1.29 is 9.66 Å². The Morgan fingerprint density at radius 1 is 1.62 bits per heavy atom. The number of likely N-dealkylation sites (N-methyl/N-ethyl adjacent to an activating group) is 1. The van der Waals surface area contributed by atoms with Crippen molar-refractivity contribution in [3.8, 4) is 5.88 Å². The Labute approximate surface area is 92.2 Å². The van der Waals surface area contributed by atoms with Gasteiger partial charge in [0.25, 0.3) is 5.88 Å². The van der Waals surface area contributed by atoms with Crippen LogP contribution in [0.5, 0.6) is 5.88 Å². The summed E-state index contributed by atoms with van der Waals surface area (Å²) in [5.41, 5.74) is 5.13. The standard InChI is InChI=1S/C8H13N5O3/c1-12(4-3-9)7-6(13(14)15)8(16-2)11-5-10-7/h5H,3-4,9H2,1-2H3. The lowest BCUT2D eigenvalue weighted by Gasteiger charge is -2.16. The van der Waals surface area contributed by atoms with Crippen LogP contribution < -0.4 is 15.4 Å². The van der Waals surface area contributed by atoms with E-state index >= 15 is 0 Å². The summed E-state index contributed by atoms with van der Waals surface area (Å²) < 4.78 is 4.82. The smallest absolute Gasteiger partial charge is 0.372 e. The molecule has 0 saturated carbocycles. The van der Waals surface area contributed by atoms with Crippen LogP contribution >= 0.6 is 0 Å². The summed E-state index contributed by atoms with van der Waals surface area (Å²) in [5.74, 6) is 0.140. The lowest BCUT2D eigenvalue weighted by Crippen LogP contribution is -2.26. The number of ether oxygens (including phenoxy) is 1. The van der Waals surface area contributed by atoms with Gasteiger partial charge < -0.3 is 15.4 Å². The third-order valence-electron chi connectivity index (χ3n) is 1.97. The third-order valence-corrected chi connectivity index (χ3v) is 1.97. The molecule has 88 valence electrons. The maximum atomic E-state index is 10.9. The van der Waals surface area contributed by atoms with E-state index in [1.165, 1.54) is 13.4 Å². The molecule has 2 N–H and O–H groups in total. The second-order valence-corrected chi connectivity index (χ2v) is 3.02. The Balaban J connectivity index is 3.21. The normalized spacial score (nSPS) is 9.94. The summed E-state index contributed by atoms with van der Waals surface area (Å²) in [6.07, 6.45) is 1.22. The van der Waals surface area contributed by atoms with Crippen LogP contribution in [0, 0.1) is 10.1 Å². The van der Waals surface area contributed by atoms with Crippen LogP contribution in [-0.2, 0) is 0 Å². The number of nitrogens with two attached hydrogens (primary N) is 1. The fourth-order valence-corrected chi connectivity index (χ4v) is 1.24. The zero-order valence-corrected chi connectivity index (χ0v) is 9.08. The maximum absolute atomic E-state index is 10.9. The molecule has 0 fully saturated rings. The molecule has 1 aromatic rings. The molecule has 0 unspecified atom stereocenters. The van der Waals surface area contributed by atoms with Gasteiger partial charge in [-0.1, -0.05) is 0 Å². The van der Waals surface area contributed by atoms with E-state index in [1.807, 2.05) is 0 Å². The minimum absolute atomic E-state index is 0.0566. The Morgan fingerprint density at radius 3 is 2.81 bits per heavy atom. The number of aromatic nitrogens is 2. The molecule has 1 heterocycles. The zero-order chi connectivity index (χ0) is 12.1. The fraction of sp³-hybridized carbons (Fsp3) is 0.500. The second-order valence-electron chi connectivity index (χ2n) is 3.02. The van der Waals surface area contributed by atoms with Gasteiger partial charge in [0.1, 0.15) is 6.33 Å². The third kappa shape index (κ3) is 2.34. The van der Waals surface area contributed by atoms with Gasteiger partial charge in [0.2, 0.25) is 5.82 Å². The van der Waals surface area contributed by atoms with Gasteiger partial charge >= 0.3 is 5.69 Å². The summed E-state index contributed by atoms with van der Waals surface area (Å²) in [6, 6.07) is 0. The van der Waals surface area contributed by atoms with Crippen LogP contribution in [0.15, 0.2) is 6.33 Å². The number of nitro groups is 1. The van der Waals surface area contributed by atoms with E-state index in [4.69, 9.17) is 10.5 Å². The van der Waals surface area contributed by atoms with E-state index in [0.717, 1.165) is 0 Å². The Bertz CT molecular complexity index is 384. The highest BCUT2D eigenvalue weighted by Gasteiger charge is 2.25. The minimum atomic E-state index is -0.568. The molecule has 0 spiro atoms. The molecule has 8 heteroatoms. The van der Waals surface area contributed by atoms with Crippen molar-refractivity contribution in [2.75, 3.05) is 32.1 Å². The lowest BCUT2D eigenvalue weighted by molar-refractivity contribution is -0.385.